The molecular weight excluding hydrogens is 250 g/mol. The van der Waals surface area contributed by atoms with E-state index in [0.29, 0.717) is 12.8 Å². The zero-order chi connectivity index (χ0) is 15.1. The molecule has 7 nitrogen and oxygen atoms in total. The Morgan fingerprint density at radius 3 is 2.26 bits per heavy atom. The molecule has 0 aliphatic heterocycles. The van der Waals surface area contributed by atoms with Crippen LogP contribution in [-0.2, 0) is 9.59 Å². The zero-order valence-corrected chi connectivity index (χ0v) is 11.9. The van der Waals surface area contributed by atoms with Gasteiger partial charge in [0.2, 0.25) is 5.91 Å². The van der Waals surface area contributed by atoms with Gasteiger partial charge in [0.1, 0.15) is 6.04 Å². The number of carboxylic acids is 1. The van der Waals surface area contributed by atoms with E-state index in [-0.39, 0.29) is 12.5 Å². The highest BCUT2D eigenvalue weighted by atomic mass is 16.4. The minimum atomic E-state index is -1.07. The van der Waals surface area contributed by atoms with Crippen molar-refractivity contribution in [1.82, 2.24) is 16.0 Å². The first-order valence-electron chi connectivity index (χ1n) is 6.24. The molecule has 7 heteroatoms. The zero-order valence-electron chi connectivity index (χ0n) is 11.9. The number of hydrogen-bond acceptors (Lipinski definition) is 3. The summed E-state index contributed by atoms with van der Waals surface area (Å²) in [6, 6.07) is -1.49. The van der Waals surface area contributed by atoms with Crippen molar-refractivity contribution in [1.29, 1.82) is 0 Å². The lowest BCUT2D eigenvalue weighted by Crippen LogP contribution is -2.50. The van der Waals surface area contributed by atoms with E-state index in [1.54, 1.807) is 13.8 Å². The molecule has 0 aromatic heterocycles. The summed E-state index contributed by atoms with van der Waals surface area (Å²) in [7, 11) is 1.52. The van der Waals surface area contributed by atoms with Crippen LogP contribution in [0.2, 0.25) is 0 Å². The van der Waals surface area contributed by atoms with Crippen LogP contribution in [0.15, 0.2) is 0 Å². The Morgan fingerprint density at radius 1 is 1.26 bits per heavy atom. The van der Waals surface area contributed by atoms with Crippen molar-refractivity contribution >= 4 is 17.9 Å². The summed E-state index contributed by atoms with van der Waals surface area (Å²) in [4.78, 5) is 33.9. The summed E-state index contributed by atoms with van der Waals surface area (Å²) in [5, 5.41) is 16.3. The van der Waals surface area contributed by atoms with E-state index in [1.807, 2.05) is 6.92 Å². The van der Waals surface area contributed by atoms with Crippen molar-refractivity contribution in [3.63, 3.8) is 0 Å². The molecule has 0 saturated carbocycles. The molecule has 0 spiro atoms. The van der Waals surface area contributed by atoms with Gasteiger partial charge in [0.15, 0.2) is 0 Å². The average molecular weight is 273 g/mol. The summed E-state index contributed by atoms with van der Waals surface area (Å²) in [5.41, 5.74) is -0.754. The standard InChI is InChI=1S/C12H23N3O4/c1-5-6-8(9(16)17)15-11(19)14-7-12(2,3)10(18)13-4/h8H,5-7H2,1-4H3,(H,13,18)(H,16,17)(H2,14,15,19)/t8-/m1/s1. The fourth-order valence-corrected chi connectivity index (χ4v) is 1.48. The molecule has 110 valence electrons. The summed E-state index contributed by atoms with van der Waals surface area (Å²) in [6.07, 6.45) is 1.02. The van der Waals surface area contributed by atoms with E-state index < -0.39 is 23.5 Å². The number of hydrogen-bond donors (Lipinski definition) is 4. The normalized spacial score (nSPS) is 12.4. The van der Waals surface area contributed by atoms with Gasteiger partial charge in [-0.2, -0.15) is 0 Å². The van der Waals surface area contributed by atoms with Crippen LogP contribution in [0, 0.1) is 5.41 Å². The Hall–Kier alpha value is -1.79. The molecule has 0 fully saturated rings. The van der Waals surface area contributed by atoms with Crippen molar-refractivity contribution in [2.75, 3.05) is 13.6 Å². The monoisotopic (exact) mass is 273 g/mol. The van der Waals surface area contributed by atoms with Crippen LogP contribution in [0.3, 0.4) is 0 Å². The maximum atomic E-state index is 11.6. The van der Waals surface area contributed by atoms with Crippen molar-refractivity contribution in [2.24, 2.45) is 5.41 Å². The fourth-order valence-electron chi connectivity index (χ4n) is 1.48. The third kappa shape index (κ3) is 6.08. The van der Waals surface area contributed by atoms with Gasteiger partial charge >= 0.3 is 12.0 Å². The van der Waals surface area contributed by atoms with E-state index in [9.17, 15) is 14.4 Å². The Labute approximate surface area is 113 Å². The van der Waals surface area contributed by atoms with Crippen LogP contribution in [0.1, 0.15) is 33.6 Å². The number of aliphatic carboxylic acids is 1. The number of carbonyl (C=O) groups is 3. The van der Waals surface area contributed by atoms with Gasteiger partial charge < -0.3 is 21.1 Å². The van der Waals surface area contributed by atoms with Gasteiger partial charge in [-0.15, -0.1) is 0 Å². The minimum Gasteiger partial charge on any atom is -0.480 e. The first kappa shape index (κ1) is 17.2. The van der Waals surface area contributed by atoms with Gasteiger partial charge in [0.25, 0.3) is 0 Å². The fraction of sp³-hybridized carbons (Fsp3) is 0.750. The maximum absolute atomic E-state index is 11.6. The molecule has 0 unspecified atom stereocenters. The molecule has 0 aliphatic carbocycles. The molecule has 1 atom stereocenters. The second kappa shape index (κ2) is 7.60. The van der Waals surface area contributed by atoms with Gasteiger partial charge in [-0.25, -0.2) is 9.59 Å². The van der Waals surface area contributed by atoms with E-state index in [1.165, 1.54) is 7.05 Å². The largest absolute Gasteiger partial charge is 0.480 e. The van der Waals surface area contributed by atoms with E-state index >= 15 is 0 Å². The highest BCUT2D eigenvalue weighted by molar-refractivity contribution is 5.84. The highest BCUT2D eigenvalue weighted by Crippen LogP contribution is 2.12. The van der Waals surface area contributed by atoms with Crippen LogP contribution < -0.4 is 16.0 Å². The van der Waals surface area contributed by atoms with Gasteiger partial charge in [-0.3, -0.25) is 4.79 Å². The van der Waals surface area contributed by atoms with E-state index in [4.69, 9.17) is 5.11 Å². The predicted octanol–water partition coefficient (Wildman–Crippen LogP) is 0.311. The van der Waals surface area contributed by atoms with Crippen molar-refractivity contribution in [2.45, 2.75) is 39.7 Å². The number of rotatable bonds is 7. The van der Waals surface area contributed by atoms with Crippen molar-refractivity contribution < 1.29 is 19.5 Å². The van der Waals surface area contributed by atoms with Crippen LogP contribution in [0.5, 0.6) is 0 Å². The molecule has 19 heavy (non-hydrogen) atoms. The first-order valence-corrected chi connectivity index (χ1v) is 6.24. The van der Waals surface area contributed by atoms with Crippen LogP contribution in [-0.4, -0.2) is 42.6 Å². The quantitative estimate of drug-likeness (QED) is 0.535. The topological polar surface area (TPSA) is 108 Å². The SMILES string of the molecule is CCC[C@@H](NC(=O)NCC(C)(C)C(=O)NC)C(=O)O. The first-order chi connectivity index (χ1) is 8.74. The molecule has 3 amide bonds. The molecule has 0 bridgehead atoms. The number of carboxylic acid groups (broad SMARTS) is 1. The third-order valence-corrected chi connectivity index (χ3v) is 2.71. The lowest BCUT2D eigenvalue weighted by molar-refractivity contribution is -0.139. The van der Waals surface area contributed by atoms with Gasteiger partial charge in [0, 0.05) is 13.6 Å². The third-order valence-electron chi connectivity index (χ3n) is 2.71. The maximum Gasteiger partial charge on any atom is 0.326 e. The lowest BCUT2D eigenvalue weighted by atomic mass is 9.92. The summed E-state index contributed by atoms with van der Waals surface area (Å²) >= 11 is 0. The lowest BCUT2D eigenvalue weighted by Gasteiger charge is -2.23. The second-order valence-electron chi connectivity index (χ2n) is 4.97. The summed E-state index contributed by atoms with van der Waals surface area (Å²) < 4.78 is 0. The van der Waals surface area contributed by atoms with E-state index in [2.05, 4.69) is 16.0 Å². The second-order valence-corrected chi connectivity index (χ2v) is 4.97. The Kier molecular flexibility index (Phi) is 6.89. The smallest absolute Gasteiger partial charge is 0.326 e. The molecule has 0 aliphatic rings. The number of nitrogens with one attached hydrogen (secondary N) is 3. The van der Waals surface area contributed by atoms with Crippen LogP contribution in [0.4, 0.5) is 4.79 Å². The summed E-state index contributed by atoms with van der Waals surface area (Å²) in [6.45, 7) is 5.33. The Balaban J connectivity index is 4.31. The van der Waals surface area contributed by atoms with Gasteiger partial charge in [-0.05, 0) is 20.3 Å². The van der Waals surface area contributed by atoms with Crippen LogP contribution in [0.25, 0.3) is 0 Å². The Bertz CT molecular complexity index is 342. The predicted molar refractivity (Wildman–Crippen MR) is 70.7 cm³/mol. The number of carbonyl (C=O) groups excluding carboxylic acids is 2. The molecule has 0 aromatic carbocycles. The van der Waals surface area contributed by atoms with Crippen molar-refractivity contribution in [3.05, 3.63) is 0 Å². The molecule has 0 radical (unpaired) electrons. The van der Waals surface area contributed by atoms with Crippen molar-refractivity contribution in [3.8, 4) is 0 Å². The summed E-state index contributed by atoms with van der Waals surface area (Å²) in [5.74, 6) is -1.27. The molecule has 0 aromatic rings. The number of urea groups is 1. The molecule has 0 rings (SSSR count). The Morgan fingerprint density at radius 2 is 1.84 bits per heavy atom. The van der Waals surface area contributed by atoms with Gasteiger partial charge in [0.05, 0.1) is 5.41 Å². The molecule has 0 saturated heterocycles. The van der Waals surface area contributed by atoms with E-state index in [0.717, 1.165) is 0 Å². The minimum absolute atomic E-state index is 0.122. The molecule has 4 N–H and O–H groups in total. The average Bonchev–Trinajstić information content (AvgIpc) is 2.34. The molecule has 0 heterocycles. The molecular formula is C12H23N3O4. The highest BCUT2D eigenvalue weighted by Gasteiger charge is 2.27. The van der Waals surface area contributed by atoms with Crippen LogP contribution >= 0.6 is 0 Å². The number of amides is 3. The van der Waals surface area contributed by atoms with Gasteiger partial charge in [-0.1, -0.05) is 13.3 Å².